The summed E-state index contributed by atoms with van der Waals surface area (Å²) in [4.78, 5) is 14.8. The lowest BCUT2D eigenvalue weighted by Gasteiger charge is -2.14. The van der Waals surface area contributed by atoms with Crippen LogP contribution in [0.15, 0.2) is 47.6 Å². The smallest absolute Gasteiger partial charge is 0.266 e. The van der Waals surface area contributed by atoms with Gasteiger partial charge in [-0.05, 0) is 18.1 Å². The predicted octanol–water partition coefficient (Wildman–Crippen LogP) is 2.86. The molecule has 1 fully saturated rings. The van der Waals surface area contributed by atoms with Crippen LogP contribution in [0.2, 0.25) is 0 Å². The highest BCUT2D eigenvalue weighted by Gasteiger charge is 2.31. The van der Waals surface area contributed by atoms with Crippen LogP contribution < -0.4 is 0 Å². The second kappa shape index (κ2) is 6.46. The van der Waals surface area contributed by atoms with E-state index in [4.69, 9.17) is 12.2 Å². The normalized spacial score (nSPS) is 16.8. The Morgan fingerprint density at radius 2 is 2.09 bits per heavy atom. The van der Waals surface area contributed by atoms with Crippen molar-refractivity contribution in [3.8, 4) is 0 Å². The summed E-state index contributed by atoms with van der Waals surface area (Å²) in [6.45, 7) is 0.610. The number of amides is 1. The Morgan fingerprint density at radius 3 is 2.77 bits per heavy atom. The van der Waals surface area contributed by atoms with Crippen LogP contribution in [0.25, 0.3) is 6.08 Å². The SMILES string of the molecule is Cn1cc(/C=C2/SC(=S)N(CCc3ccccc3)C2=O)cn1. The van der Waals surface area contributed by atoms with E-state index in [1.54, 1.807) is 15.8 Å². The molecule has 0 N–H and O–H groups in total. The van der Waals surface area contributed by atoms with Gasteiger partial charge >= 0.3 is 0 Å². The molecule has 0 bridgehead atoms. The van der Waals surface area contributed by atoms with Gasteiger partial charge in [0, 0.05) is 25.4 Å². The summed E-state index contributed by atoms with van der Waals surface area (Å²) in [5, 5.41) is 4.10. The number of rotatable bonds is 4. The molecule has 0 atom stereocenters. The molecule has 1 aromatic heterocycles. The van der Waals surface area contributed by atoms with Crippen molar-refractivity contribution < 1.29 is 4.79 Å². The minimum atomic E-state index is -0.0187. The molecule has 4 nitrogen and oxygen atoms in total. The van der Waals surface area contributed by atoms with Crippen molar-refractivity contribution in [2.75, 3.05) is 6.54 Å². The van der Waals surface area contributed by atoms with Crippen LogP contribution in [-0.2, 0) is 18.3 Å². The summed E-state index contributed by atoms with van der Waals surface area (Å²) < 4.78 is 2.33. The van der Waals surface area contributed by atoms with Crippen LogP contribution in [0, 0.1) is 0 Å². The van der Waals surface area contributed by atoms with Crippen LogP contribution in [0.3, 0.4) is 0 Å². The average molecular weight is 329 g/mol. The average Bonchev–Trinajstić information content (AvgIpc) is 3.03. The lowest BCUT2D eigenvalue weighted by atomic mass is 10.1. The Balaban J connectivity index is 1.70. The third-order valence-electron chi connectivity index (χ3n) is 3.36. The van der Waals surface area contributed by atoms with Crippen LogP contribution in [0.1, 0.15) is 11.1 Å². The second-order valence-corrected chi connectivity index (χ2v) is 6.69. The van der Waals surface area contributed by atoms with Crippen LogP contribution in [0.5, 0.6) is 0 Å². The first-order valence-corrected chi connectivity index (χ1v) is 8.14. The van der Waals surface area contributed by atoms with Gasteiger partial charge in [0.2, 0.25) is 0 Å². The van der Waals surface area contributed by atoms with Gasteiger partial charge in [0.25, 0.3) is 5.91 Å². The molecule has 0 aliphatic carbocycles. The van der Waals surface area contributed by atoms with Gasteiger partial charge in [-0.3, -0.25) is 14.4 Å². The van der Waals surface area contributed by atoms with Crippen LogP contribution in [0.4, 0.5) is 0 Å². The Morgan fingerprint density at radius 1 is 1.32 bits per heavy atom. The minimum absolute atomic E-state index is 0.0187. The number of thiocarbonyl (C=S) groups is 1. The highest BCUT2D eigenvalue weighted by atomic mass is 32.2. The Bertz CT molecular complexity index is 737. The van der Waals surface area contributed by atoms with E-state index in [0.29, 0.717) is 15.8 Å². The quantitative estimate of drug-likeness (QED) is 0.639. The maximum absolute atomic E-state index is 12.5. The Hall–Kier alpha value is -1.92. The van der Waals surface area contributed by atoms with Crippen LogP contribution >= 0.6 is 24.0 Å². The van der Waals surface area contributed by atoms with E-state index in [-0.39, 0.29) is 5.91 Å². The van der Waals surface area contributed by atoms with Crippen molar-refractivity contribution in [2.24, 2.45) is 7.05 Å². The molecule has 1 aliphatic rings. The molecule has 1 amide bonds. The molecule has 0 saturated carbocycles. The summed E-state index contributed by atoms with van der Waals surface area (Å²) in [5.41, 5.74) is 2.11. The molecule has 0 spiro atoms. The topological polar surface area (TPSA) is 38.1 Å². The lowest BCUT2D eigenvalue weighted by Crippen LogP contribution is -2.30. The minimum Gasteiger partial charge on any atom is -0.293 e. The highest BCUT2D eigenvalue weighted by molar-refractivity contribution is 8.26. The zero-order chi connectivity index (χ0) is 15.5. The largest absolute Gasteiger partial charge is 0.293 e. The number of nitrogens with zero attached hydrogens (tertiary/aromatic N) is 3. The molecule has 2 heterocycles. The van der Waals surface area contributed by atoms with E-state index in [1.807, 2.05) is 37.5 Å². The number of thioether (sulfide) groups is 1. The van der Waals surface area contributed by atoms with Gasteiger partial charge in [0.15, 0.2) is 0 Å². The summed E-state index contributed by atoms with van der Waals surface area (Å²) in [7, 11) is 1.85. The third-order valence-corrected chi connectivity index (χ3v) is 4.74. The van der Waals surface area contributed by atoms with E-state index >= 15 is 0 Å². The van der Waals surface area contributed by atoms with Crippen molar-refractivity contribution in [2.45, 2.75) is 6.42 Å². The summed E-state index contributed by atoms with van der Waals surface area (Å²) >= 11 is 6.69. The first-order chi connectivity index (χ1) is 10.6. The molecule has 0 unspecified atom stereocenters. The molecular formula is C16H15N3OS2. The molecule has 1 aliphatic heterocycles. The monoisotopic (exact) mass is 329 g/mol. The fourth-order valence-electron chi connectivity index (χ4n) is 2.24. The summed E-state index contributed by atoms with van der Waals surface area (Å²) in [5.74, 6) is -0.0187. The molecular weight excluding hydrogens is 314 g/mol. The van der Waals surface area contributed by atoms with Crippen molar-refractivity contribution >= 4 is 40.3 Å². The highest BCUT2D eigenvalue weighted by Crippen LogP contribution is 2.32. The lowest BCUT2D eigenvalue weighted by molar-refractivity contribution is -0.122. The van der Waals surface area contributed by atoms with E-state index < -0.39 is 0 Å². The van der Waals surface area contributed by atoms with E-state index in [9.17, 15) is 4.79 Å². The number of carbonyl (C=O) groups excluding carboxylic acids is 1. The van der Waals surface area contributed by atoms with E-state index in [2.05, 4.69) is 17.2 Å². The van der Waals surface area contributed by atoms with E-state index in [0.717, 1.165) is 12.0 Å². The van der Waals surface area contributed by atoms with Gasteiger partial charge in [-0.15, -0.1) is 0 Å². The van der Waals surface area contributed by atoms with Gasteiger partial charge in [-0.25, -0.2) is 0 Å². The first-order valence-electron chi connectivity index (χ1n) is 6.91. The summed E-state index contributed by atoms with van der Waals surface area (Å²) in [6.07, 6.45) is 6.25. The molecule has 112 valence electrons. The zero-order valence-corrected chi connectivity index (χ0v) is 13.7. The van der Waals surface area contributed by atoms with Gasteiger partial charge in [0.05, 0.1) is 11.1 Å². The van der Waals surface area contributed by atoms with Crippen molar-refractivity contribution in [1.29, 1.82) is 0 Å². The Kier molecular flexibility index (Phi) is 4.40. The number of aromatic nitrogens is 2. The number of hydrogen-bond donors (Lipinski definition) is 0. The molecule has 1 aromatic carbocycles. The molecule has 3 rings (SSSR count). The van der Waals surface area contributed by atoms with Gasteiger partial charge in [0.1, 0.15) is 4.32 Å². The number of hydrogen-bond acceptors (Lipinski definition) is 4. The maximum Gasteiger partial charge on any atom is 0.266 e. The van der Waals surface area contributed by atoms with Gasteiger partial charge < -0.3 is 0 Å². The van der Waals surface area contributed by atoms with E-state index in [1.165, 1.54) is 17.3 Å². The first kappa shape index (κ1) is 15.0. The van der Waals surface area contributed by atoms with Gasteiger partial charge in [-0.1, -0.05) is 54.3 Å². The Labute approximate surface area is 138 Å². The van der Waals surface area contributed by atoms with Crippen molar-refractivity contribution in [3.05, 3.63) is 58.8 Å². The third kappa shape index (κ3) is 3.28. The molecule has 0 radical (unpaired) electrons. The standard InChI is InChI=1S/C16H15N3OS2/c1-18-11-13(10-17-18)9-14-15(20)19(16(21)22-14)8-7-12-5-3-2-4-6-12/h2-6,9-11H,7-8H2,1H3/b14-9+. The summed E-state index contributed by atoms with van der Waals surface area (Å²) in [6, 6.07) is 10.1. The van der Waals surface area contributed by atoms with Crippen molar-refractivity contribution in [1.82, 2.24) is 14.7 Å². The molecule has 1 saturated heterocycles. The number of carbonyl (C=O) groups is 1. The fourth-order valence-corrected chi connectivity index (χ4v) is 3.55. The maximum atomic E-state index is 12.5. The van der Waals surface area contributed by atoms with Gasteiger partial charge in [-0.2, -0.15) is 5.10 Å². The fraction of sp³-hybridized carbons (Fsp3) is 0.188. The molecule has 2 aromatic rings. The number of aryl methyl sites for hydroxylation is 1. The zero-order valence-electron chi connectivity index (χ0n) is 12.1. The number of benzene rings is 1. The molecule has 22 heavy (non-hydrogen) atoms. The predicted molar refractivity (Wildman–Crippen MR) is 93.2 cm³/mol. The molecule has 6 heteroatoms. The van der Waals surface area contributed by atoms with Crippen LogP contribution in [-0.4, -0.2) is 31.5 Å². The second-order valence-electron chi connectivity index (χ2n) is 5.02. The van der Waals surface area contributed by atoms with Crippen molar-refractivity contribution in [3.63, 3.8) is 0 Å².